The summed E-state index contributed by atoms with van der Waals surface area (Å²) < 4.78 is 37.9. The van der Waals surface area contributed by atoms with Crippen molar-refractivity contribution >= 4 is 23.2 Å². The predicted molar refractivity (Wildman–Crippen MR) is 77.5 cm³/mol. The van der Waals surface area contributed by atoms with E-state index in [9.17, 15) is 18.0 Å². The molecule has 0 fully saturated rings. The molecule has 1 aromatic carbocycles. The first-order chi connectivity index (χ1) is 9.75. The number of anilines is 1. The number of halogens is 4. The van der Waals surface area contributed by atoms with E-state index in [4.69, 9.17) is 11.6 Å². The van der Waals surface area contributed by atoms with E-state index in [1.165, 1.54) is 4.90 Å². The van der Waals surface area contributed by atoms with E-state index in [2.05, 4.69) is 5.32 Å². The summed E-state index contributed by atoms with van der Waals surface area (Å²) in [4.78, 5) is 13.4. The molecule has 0 aliphatic rings. The SMILES string of the molecule is CCCCN(C)C(=O)CNc1cc(C(F)(F)F)ccc1Cl. The fraction of sp³-hybridized carbons (Fsp3) is 0.500. The number of amides is 1. The Morgan fingerprint density at radius 1 is 1.38 bits per heavy atom. The van der Waals surface area contributed by atoms with Crippen molar-refractivity contribution in [2.45, 2.75) is 25.9 Å². The van der Waals surface area contributed by atoms with E-state index in [1.807, 2.05) is 6.92 Å². The van der Waals surface area contributed by atoms with Gasteiger partial charge in [0, 0.05) is 13.6 Å². The minimum Gasteiger partial charge on any atom is -0.375 e. The fourth-order valence-corrected chi connectivity index (χ4v) is 1.85. The summed E-state index contributed by atoms with van der Waals surface area (Å²) in [6.45, 7) is 2.54. The van der Waals surface area contributed by atoms with Crippen LogP contribution < -0.4 is 5.32 Å². The van der Waals surface area contributed by atoms with Crippen molar-refractivity contribution in [1.82, 2.24) is 4.90 Å². The second-order valence-electron chi connectivity index (χ2n) is 4.71. The van der Waals surface area contributed by atoms with Crippen LogP contribution in [-0.2, 0) is 11.0 Å². The first-order valence-electron chi connectivity index (χ1n) is 6.60. The van der Waals surface area contributed by atoms with Crippen molar-refractivity contribution in [2.75, 3.05) is 25.5 Å². The van der Waals surface area contributed by atoms with E-state index in [-0.39, 0.29) is 23.2 Å². The van der Waals surface area contributed by atoms with Gasteiger partial charge in [-0.3, -0.25) is 4.79 Å². The smallest absolute Gasteiger partial charge is 0.375 e. The Hall–Kier alpha value is -1.43. The van der Waals surface area contributed by atoms with Crippen molar-refractivity contribution in [3.63, 3.8) is 0 Å². The summed E-state index contributed by atoms with van der Waals surface area (Å²) in [6, 6.07) is 2.97. The minimum absolute atomic E-state index is 0.0960. The molecule has 0 bridgehead atoms. The van der Waals surface area contributed by atoms with Gasteiger partial charge in [0.15, 0.2) is 0 Å². The zero-order chi connectivity index (χ0) is 16.0. The minimum atomic E-state index is -4.44. The number of hydrogen-bond acceptors (Lipinski definition) is 2. The number of alkyl halides is 3. The van der Waals surface area contributed by atoms with Gasteiger partial charge in [0.1, 0.15) is 0 Å². The number of benzene rings is 1. The summed E-state index contributed by atoms with van der Waals surface area (Å²) in [5, 5.41) is 2.80. The molecule has 0 aliphatic carbocycles. The summed E-state index contributed by atoms with van der Waals surface area (Å²) in [5.41, 5.74) is -0.704. The molecule has 1 N–H and O–H groups in total. The molecule has 1 amide bonds. The summed E-state index contributed by atoms with van der Waals surface area (Å²) in [5.74, 6) is -0.197. The van der Waals surface area contributed by atoms with Gasteiger partial charge in [-0.2, -0.15) is 13.2 Å². The molecule has 0 radical (unpaired) electrons. The third-order valence-corrected chi connectivity index (χ3v) is 3.33. The first-order valence-corrected chi connectivity index (χ1v) is 6.98. The maximum atomic E-state index is 12.6. The molecule has 21 heavy (non-hydrogen) atoms. The quantitative estimate of drug-likeness (QED) is 0.857. The van der Waals surface area contributed by atoms with E-state index >= 15 is 0 Å². The van der Waals surface area contributed by atoms with Gasteiger partial charge in [0.25, 0.3) is 0 Å². The topological polar surface area (TPSA) is 32.3 Å². The molecule has 7 heteroatoms. The molecule has 0 unspecified atom stereocenters. The number of likely N-dealkylation sites (N-methyl/N-ethyl adjacent to an activating group) is 1. The first kappa shape index (κ1) is 17.6. The zero-order valence-corrected chi connectivity index (χ0v) is 12.7. The van der Waals surface area contributed by atoms with Crippen molar-refractivity contribution < 1.29 is 18.0 Å². The standard InChI is InChI=1S/C14H18ClF3N2O/c1-3-4-7-20(2)13(21)9-19-12-8-10(14(16,17)18)5-6-11(12)15/h5-6,8,19H,3-4,7,9H2,1-2H3. The Morgan fingerprint density at radius 2 is 2.05 bits per heavy atom. The lowest BCUT2D eigenvalue weighted by atomic mass is 10.2. The lowest BCUT2D eigenvalue weighted by Crippen LogP contribution is -2.33. The maximum absolute atomic E-state index is 12.6. The molecule has 0 atom stereocenters. The Labute approximate surface area is 127 Å². The lowest BCUT2D eigenvalue weighted by molar-refractivity contribution is -0.137. The van der Waals surface area contributed by atoms with Crippen LogP contribution in [0.2, 0.25) is 5.02 Å². The monoisotopic (exact) mass is 322 g/mol. The molecule has 0 aromatic heterocycles. The molecule has 3 nitrogen and oxygen atoms in total. The Kier molecular flexibility index (Phi) is 6.33. The van der Waals surface area contributed by atoms with E-state index < -0.39 is 11.7 Å². The Balaban J connectivity index is 2.69. The Morgan fingerprint density at radius 3 is 2.62 bits per heavy atom. The van der Waals surface area contributed by atoms with Crippen molar-refractivity contribution in [3.05, 3.63) is 28.8 Å². The van der Waals surface area contributed by atoms with Crippen LogP contribution in [0, 0.1) is 0 Å². The summed E-state index contributed by atoms with van der Waals surface area (Å²) in [7, 11) is 1.66. The van der Waals surface area contributed by atoms with Gasteiger partial charge >= 0.3 is 6.18 Å². The maximum Gasteiger partial charge on any atom is 0.416 e. The van der Waals surface area contributed by atoms with Crippen LogP contribution in [0.4, 0.5) is 18.9 Å². The average molecular weight is 323 g/mol. The van der Waals surface area contributed by atoms with Gasteiger partial charge in [0.05, 0.1) is 22.8 Å². The molecule has 0 saturated heterocycles. The summed E-state index contributed by atoms with van der Waals surface area (Å²) >= 11 is 5.84. The molecule has 0 spiro atoms. The van der Waals surface area contributed by atoms with E-state index in [0.717, 1.165) is 31.0 Å². The molecule has 0 heterocycles. The van der Waals surface area contributed by atoms with Crippen LogP contribution in [0.1, 0.15) is 25.3 Å². The highest BCUT2D eigenvalue weighted by Crippen LogP contribution is 2.33. The van der Waals surface area contributed by atoms with E-state index in [1.54, 1.807) is 7.05 Å². The number of rotatable bonds is 6. The Bertz CT molecular complexity index is 492. The third-order valence-electron chi connectivity index (χ3n) is 3.00. The second kappa shape index (κ2) is 7.54. The number of carbonyl (C=O) groups is 1. The van der Waals surface area contributed by atoms with Crippen LogP contribution >= 0.6 is 11.6 Å². The van der Waals surface area contributed by atoms with Gasteiger partial charge in [-0.1, -0.05) is 24.9 Å². The predicted octanol–water partition coefficient (Wildman–Crippen LogP) is 4.03. The second-order valence-corrected chi connectivity index (χ2v) is 5.12. The number of carbonyl (C=O) groups excluding carboxylic acids is 1. The van der Waals surface area contributed by atoms with Crippen LogP contribution in [0.25, 0.3) is 0 Å². The normalized spacial score (nSPS) is 11.3. The highest BCUT2D eigenvalue weighted by molar-refractivity contribution is 6.33. The lowest BCUT2D eigenvalue weighted by Gasteiger charge is -2.18. The molecule has 118 valence electrons. The molecular weight excluding hydrogens is 305 g/mol. The van der Waals surface area contributed by atoms with Gasteiger partial charge in [-0.25, -0.2) is 0 Å². The number of hydrogen-bond donors (Lipinski definition) is 1. The van der Waals surface area contributed by atoms with Crippen molar-refractivity contribution in [1.29, 1.82) is 0 Å². The number of unbranched alkanes of at least 4 members (excludes halogenated alkanes) is 1. The molecular formula is C14H18ClF3N2O. The van der Waals surface area contributed by atoms with Crippen molar-refractivity contribution in [2.24, 2.45) is 0 Å². The van der Waals surface area contributed by atoms with Crippen molar-refractivity contribution in [3.8, 4) is 0 Å². The van der Waals surface area contributed by atoms with Gasteiger partial charge < -0.3 is 10.2 Å². The van der Waals surface area contributed by atoms with Gasteiger partial charge in [-0.05, 0) is 24.6 Å². The molecule has 1 aromatic rings. The average Bonchev–Trinajstić information content (AvgIpc) is 2.42. The van der Waals surface area contributed by atoms with Crippen LogP contribution in [-0.4, -0.2) is 30.9 Å². The van der Waals surface area contributed by atoms with Crippen LogP contribution in [0.3, 0.4) is 0 Å². The highest BCUT2D eigenvalue weighted by Gasteiger charge is 2.31. The van der Waals surface area contributed by atoms with E-state index in [0.29, 0.717) is 6.54 Å². The summed E-state index contributed by atoms with van der Waals surface area (Å²) in [6.07, 6.45) is -2.60. The fourth-order valence-electron chi connectivity index (χ4n) is 1.66. The molecule has 1 rings (SSSR count). The van der Waals surface area contributed by atoms with Gasteiger partial charge in [-0.15, -0.1) is 0 Å². The molecule has 0 aliphatic heterocycles. The van der Waals surface area contributed by atoms with Crippen LogP contribution in [0.15, 0.2) is 18.2 Å². The molecule has 0 saturated carbocycles. The highest BCUT2D eigenvalue weighted by atomic mass is 35.5. The number of nitrogens with one attached hydrogen (secondary N) is 1. The van der Waals surface area contributed by atoms with Crippen LogP contribution in [0.5, 0.6) is 0 Å². The number of nitrogens with zero attached hydrogens (tertiary/aromatic N) is 1. The third kappa shape index (κ3) is 5.46. The zero-order valence-electron chi connectivity index (χ0n) is 11.9. The largest absolute Gasteiger partial charge is 0.416 e. The van der Waals surface area contributed by atoms with Gasteiger partial charge in [0.2, 0.25) is 5.91 Å².